The number of rotatable bonds is 1. The van der Waals surface area contributed by atoms with Crippen molar-refractivity contribution in [3.05, 3.63) is 12.3 Å². The maximum atomic E-state index is 9.91. The van der Waals surface area contributed by atoms with Crippen LogP contribution >= 0.6 is 0 Å². The Morgan fingerprint density at radius 3 is 2.86 bits per heavy atom. The Kier molecular flexibility index (Phi) is 1.68. The Hall–Kier alpha value is -0.0499. The van der Waals surface area contributed by atoms with E-state index in [4.69, 9.17) is 0 Å². The molecule has 1 amide bonds. The van der Waals surface area contributed by atoms with Gasteiger partial charge in [-0.3, -0.25) is 0 Å². The number of hydrogen-bond acceptors (Lipinski definition) is 1. The second-order valence-electron chi connectivity index (χ2n) is 1.24. The molecule has 0 radical (unpaired) electrons. The summed E-state index contributed by atoms with van der Waals surface area (Å²) in [5.74, 6) is 0. The van der Waals surface area contributed by atoms with Crippen LogP contribution in [0.5, 0.6) is 0 Å². The van der Waals surface area contributed by atoms with Crippen LogP contribution in [0.2, 0.25) is 0 Å². The molecule has 0 aromatic rings. The van der Waals surface area contributed by atoms with E-state index in [1.165, 1.54) is 0 Å². The molecule has 0 aliphatic carbocycles. The number of carbonyl (C=O) groups excluding carboxylic acids is 1. The van der Waals surface area contributed by atoms with Crippen LogP contribution in [-0.4, -0.2) is 35.8 Å². The predicted octanol–water partition coefficient (Wildman–Crippen LogP) is -0.607. The predicted molar refractivity (Wildman–Crippen MR) is 28.9 cm³/mol. The molecule has 3 heteroatoms. The first-order chi connectivity index (χ1) is 3.43. The summed E-state index contributed by atoms with van der Waals surface area (Å²) >= 11 is -0.701. The minimum atomic E-state index is -0.701. The van der Waals surface area contributed by atoms with Crippen molar-refractivity contribution < 1.29 is 4.79 Å². The molecule has 1 aliphatic rings. The molecule has 7 heavy (non-hydrogen) atoms. The Labute approximate surface area is 53.0 Å². The Morgan fingerprint density at radius 1 is 1.71 bits per heavy atom. The van der Waals surface area contributed by atoms with Crippen molar-refractivity contribution in [2.75, 3.05) is 0 Å². The first-order valence-electron chi connectivity index (χ1n) is 2.01. The summed E-state index contributed by atoms with van der Waals surface area (Å²) < 4.78 is 3.87. The van der Waals surface area contributed by atoms with Gasteiger partial charge in [-0.05, 0) is 0 Å². The molecule has 0 aromatic carbocycles. The molecular weight excluding hydrogens is 193 g/mol. The Morgan fingerprint density at radius 2 is 2.57 bits per heavy atom. The summed E-state index contributed by atoms with van der Waals surface area (Å²) in [6.45, 7) is 0. The van der Waals surface area contributed by atoms with Crippen molar-refractivity contribution in [3.63, 3.8) is 0 Å². The van der Waals surface area contributed by atoms with E-state index in [1.54, 1.807) is 2.89 Å². The fourth-order valence-electron chi connectivity index (χ4n) is 0.418. The van der Waals surface area contributed by atoms with Gasteiger partial charge in [-0.2, -0.15) is 0 Å². The molecule has 0 saturated heterocycles. The monoisotopic (exact) mass is 197 g/mol. The molecule has 1 aliphatic heterocycles. The van der Waals surface area contributed by atoms with Crippen LogP contribution < -0.4 is 0 Å². The van der Waals surface area contributed by atoms with Gasteiger partial charge in [-0.1, -0.05) is 0 Å². The van der Waals surface area contributed by atoms with E-state index in [9.17, 15) is 4.79 Å². The van der Waals surface area contributed by atoms with Gasteiger partial charge in [-0.15, -0.1) is 0 Å². The Bertz CT molecular complexity index is 118. The molecule has 0 saturated carbocycles. The molecule has 0 unspecified atom stereocenters. The van der Waals surface area contributed by atoms with Crippen LogP contribution in [-0.2, 0) is 4.79 Å². The minimum absolute atomic E-state index is 0.701. The summed E-state index contributed by atoms with van der Waals surface area (Å²) in [6, 6.07) is 0. The molecular formula is C4H4InNO. The third-order valence-electron chi connectivity index (χ3n) is 0.749. The van der Waals surface area contributed by atoms with Crippen molar-refractivity contribution in [1.29, 1.82) is 0 Å². The topological polar surface area (TPSA) is 20.3 Å². The zero-order valence-corrected chi connectivity index (χ0v) is 7.04. The average molecular weight is 197 g/mol. The van der Waals surface area contributed by atoms with Crippen LogP contribution in [0, 0.1) is 0 Å². The van der Waals surface area contributed by atoms with E-state index in [-0.39, 0.29) is 0 Å². The van der Waals surface area contributed by atoms with Crippen LogP contribution in [0.25, 0.3) is 0 Å². The van der Waals surface area contributed by atoms with E-state index < -0.39 is 22.7 Å². The quantitative estimate of drug-likeness (QED) is 0.513. The molecule has 0 spiro atoms. The molecule has 1 heterocycles. The molecule has 0 bridgehead atoms. The average Bonchev–Trinajstić information content (AvgIpc) is 2.14. The van der Waals surface area contributed by atoms with Gasteiger partial charge in [0, 0.05) is 0 Å². The van der Waals surface area contributed by atoms with Gasteiger partial charge in [0.25, 0.3) is 0 Å². The summed E-state index contributed by atoms with van der Waals surface area (Å²) in [4.78, 5) is 9.91. The molecule has 0 atom stereocenters. The van der Waals surface area contributed by atoms with Gasteiger partial charge in [0.1, 0.15) is 0 Å². The van der Waals surface area contributed by atoms with Gasteiger partial charge < -0.3 is 0 Å². The first kappa shape index (κ1) is 5.09. The van der Waals surface area contributed by atoms with Crippen LogP contribution in [0.1, 0.15) is 0 Å². The van der Waals surface area contributed by atoms with Crippen molar-refractivity contribution in [3.8, 4) is 0 Å². The molecule has 0 fully saturated rings. The molecule has 1 rings (SSSR count). The van der Waals surface area contributed by atoms with E-state index in [0.717, 1.165) is 6.41 Å². The zero-order chi connectivity index (χ0) is 5.11. The third kappa shape index (κ3) is 1.16. The number of amides is 1. The number of nitrogens with zero attached hydrogens (tertiary/aromatic N) is 1. The van der Waals surface area contributed by atoms with Crippen LogP contribution in [0.3, 0.4) is 0 Å². The van der Waals surface area contributed by atoms with Crippen molar-refractivity contribution in [1.82, 2.24) is 2.89 Å². The number of hydrogen-bond donors (Lipinski definition) is 0. The first-order valence-corrected chi connectivity index (χ1v) is 5.39. The van der Waals surface area contributed by atoms with E-state index >= 15 is 0 Å². The fourth-order valence-corrected chi connectivity index (χ4v) is 2.32. The summed E-state index contributed by atoms with van der Waals surface area (Å²) in [6.07, 6.45) is 4.66. The fraction of sp³-hybridized carbons (Fsp3) is 0. The molecule has 0 N–H and O–H groups in total. The van der Waals surface area contributed by atoms with Crippen molar-refractivity contribution in [2.45, 2.75) is 0 Å². The SMILES string of the molecule is O=C[N]1C=C[CH]=[In]1. The van der Waals surface area contributed by atoms with Crippen molar-refractivity contribution >= 4 is 32.9 Å². The Balaban J connectivity index is 2.59. The normalized spacial score (nSPS) is 14.6. The van der Waals surface area contributed by atoms with Gasteiger partial charge in [0.2, 0.25) is 0 Å². The van der Waals surface area contributed by atoms with Crippen molar-refractivity contribution in [2.24, 2.45) is 0 Å². The molecule has 0 aromatic heterocycles. The standard InChI is InChI=1S/C4H5NO.In/c1-2-3-5-4-6;/h1-4H,(H,5,6);/q;+1/p-1. The number of allylic oxidation sites excluding steroid dienone is 1. The van der Waals surface area contributed by atoms with Gasteiger partial charge in [0.05, 0.1) is 0 Å². The third-order valence-corrected chi connectivity index (χ3v) is 3.70. The van der Waals surface area contributed by atoms with Crippen LogP contribution in [0.4, 0.5) is 0 Å². The van der Waals surface area contributed by atoms with E-state index in [1.807, 2.05) is 12.3 Å². The summed E-state index contributed by atoms with van der Waals surface area (Å²) in [7, 11) is 0. The zero-order valence-electron chi connectivity index (χ0n) is 3.74. The summed E-state index contributed by atoms with van der Waals surface area (Å²) in [5, 5.41) is 0. The van der Waals surface area contributed by atoms with Crippen LogP contribution in [0.15, 0.2) is 12.3 Å². The van der Waals surface area contributed by atoms with E-state index in [2.05, 4.69) is 3.76 Å². The number of carbonyl (C=O) groups is 1. The van der Waals surface area contributed by atoms with Gasteiger partial charge in [0.15, 0.2) is 0 Å². The molecule has 2 nitrogen and oxygen atoms in total. The second kappa shape index (κ2) is 2.31. The second-order valence-corrected chi connectivity index (χ2v) is 4.89. The summed E-state index contributed by atoms with van der Waals surface area (Å²) in [5.41, 5.74) is 0. The maximum absolute atomic E-state index is 9.91. The van der Waals surface area contributed by atoms with E-state index in [0.29, 0.717) is 0 Å². The van der Waals surface area contributed by atoms with Gasteiger partial charge in [-0.25, -0.2) is 0 Å². The molecule has 34 valence electrons. The van der Waals surface area contributed by atoms with Gasteiger partial charge >= 0.3 is 52.8 Å².